The number of hydrogen-bond donors (Lipinski definition) is 1. The fourth-order valence-electron chi connectivity index (χ4n) is 0.702. The van der Waals surface area contributed by atoms with E-state index in [-0.39, 0.29) is 5.91 Å². The van der Waals surface area contributed by atoms with Gasteiger partial charge in [0.2, 0.25) is 5.91 Å². The lowest BCUT2D eigenvalue weighted by Gasteiger charge is -1.99. The van der Waals surface area contributed by atoms with Gasteiger partial charge in [0.25, 0.3) is 0 Å². The first kappa shape index (κ1) is 14.7. The van der Waals surface area contributed by atoms with Crippen LogP contribution in [0.25, 0.3) is 0 Å². The lowest BCUT2D eigenvalue weighted by atomic mass is 10.3. The third-order valence-corrected chi connectivity index (χ3v) is 1.25. The Morgan fingerprint density at radius 1 is 1.31 bits per heavy atom. The Balaban J connectivity index is 0. The number of nitrogens with one attached hydrogen (secondary N) is 1. The molecule has 0 aromatic carbocycles. The van der Waals surface area contributed by atoms with Crippen LogP contribution in [-0.4, -0.2) is 12.5 Å². The first-order chi connectivity index (χ1) is 6.16. The quantitative estimate of drug-likeness (QED) is 0.529. The number of amides is 1. The highest BCUT2D eigenvalue weighted by Gasteiger charge is 1.92. The molecule has 0 heterocycles. The Bertz CT molecular complexity index is 146. The van der Waals surface area contributed by atoms with Crippen molar-refractivity contribution in [2.24, 2.45) is 0 Å². The first-order valence-corrected chi connectivity index (χ1v) is 5.09. The second kappa shape index (κ2) is 11.2. The summed E-state index contributed by atoms with van der Waals surface area (Å²) in [6.07, 6.45) is 3.80. The van der Waals surface area contributed by atoms with Gasteiger partial charge in [-0.05, 0) is 20.3 Å². The summed E-state index contributed by atoms with van der Waals surface area (Å²) in [5.41, 5.74) is 1.04. The van der Waals surface area contributed by atoms with E-state index >= 15 is 0 Å². The summed E-state index contributed by atoms with van der Waals surface area (Å²) in [5.74, 6) is 0.0263. The number of unbranched alkanes of at least 4 members (excludes halogenated alkanes) is 1. The molecule has 0 saturated heterocycles. The van der Waals surface area contributed by atoms with Crippen LogP contribution < -0.4 is 5.32 Å². The maximum Gasteiger partial charge on any atom is 0.243 e. The predicted octanol–water partition coefficient (Wildman–Crippen LogP) is 2.90. The van der Waals surface area contributed by atoms with Gasteiger partial charge in [-0.3, -0.25) is 4.79 Å². The lowest BCUT2D eigenvalue weighted by Crippen LogP contribution is -2.22. The highest BCUT2D eigenvalue weighted by atomic mass is 16.1. The van der Waals surface area contributed by atoms with Crippen LogP contribution in [-0.2, 0) is 4.79 Å². The van der Waals surface area contributed by atoms with E-state index in [0.717, 1.165) is 25.0 Å². The van der Waals surface area contributed by atoms with E-state index in [9.17, 15) is 4.79 Å². The molecule has 2 heteroatoms. The molecule has 13 heavy (non-hydrogen) atoms. The molecule has 0 spiro atoms. The molecule has 78 valence electrons. The number of rotatable bonds is 4. The summed E-state index contributed by atoms with van der Waals surface area (Å²) >= 11 is 0. The molecule has 0 rings (SSSR count). The van der Waals surface area contributed by atoms with Crippen molar-refractivity contribution in [3.05, 3.63) is 11.6 Å². The fourth-order valence-corrected chi connectivity index (χ4v) is 0.702. The number of hydrogen-bond acceptors (Lipinski definition) is 1. The Hall–Kier alpha value is -0.790. The van der Waals surface area contributed by atoms with E-state index in [0.29, 0.717) is 0 Å². The van der Waals surface area contributed by atoms with Crippen LogP contribution in [0.5, 0.6) is 0 Å². The smallest absolute Gasteiger partial charge is 0.243 e. The lowest BCUT2D eigenvalue weighted by molar-refractivity contribution is -0.116. The summed E-state index contributed by atoms with van der Waals surface area (Å²) in [7, 11) is 0. The zero-order valence-corrected chi connectivity index (χ0v) is 9.61. The van der Waals surface area contributed by atoms with Crippen LogP contribution in [0.3, 0.4) is 0 Å². The minimum Gasteiger partial charge on any atom is -0.353 e. The highest BCUT2D eigenvalue weighted by molar-refractivity contribution is 5.87. The molecule has 0 fully saturated rings. The molecule has 0 atom stereocenters. The molecule has 1 amide bonds. The Morgan fingerprint density at radius 2 is 1.85 bits per heavy atom. The normalized spacial score (nSPS) is 8.08. The topological polar surface area (TPSA) is 29.1 Å². The van der Waals surface area contributed by atoms with Crippen molar-refractivity contribution in [2.75, 3.05) is 6.54 Å². The van der Waals surface area contributed by atoms with Gasteiger partial charge in [0.15, 0.2) is 0 Å². The van der Waals surface area contributed by atoms with E-state index in [1.54, 1.807) is 6.08 Å². The Morgan fingerprint density at radius 3 is 2.23 bits per heavy atom. The van der Waals surface area contributed by atoms with Crippen molar-refractivity contribution in [3.63, 3.8) is 0 Å². The Kier molecular flexibility index (Phi) is 12.7. The van der Waals surface area contributed by atoms with Gasteiger partial charge in [0, 0.05) is 12.6 Å². The molecule has 2 nitrogen and oxygen atoms in total. The summed E-state index contributed by atoms with van der Waals surface area (Å²) in [4.78, 5) is 10.9. The van der Waals surface area contributed by atoms with E-state index in [1.165, 1.54) is 0 Å². The maximum atomic E-state index is 10.9. The van der Waals surface area contributed by atoms with Crippen molar-refractivity contribution in [1.29, 1.82) is 0 Å². The van der Waals surface area contributed by atoms with E-state index < -0.39 is 0 Å². The largest absolute Gasteiger partial charge is 0.353 e. The third kappa shape index (κ3) is 14.1. The van der Waals surface area contributed by atoms with Crippen LogP contribution in [0.1, 0.15) is 47.5 Å². The average molecular weight is 185 g/mol. The van der Waals surface area contributed by atoms with Crippen molar-refractivity contribution in [1.82, 2.24) is 5.32 Å². The van der Waals surface area contributed by atoms with E-state index in [4.69, 9.17) is 0 Å². The number of carbonyl (C=O) groups excluding carboxylic acids is 1. The third-order valence-electron chi connectivity index (χ3n) is 1.25. The minimum atomic E-state index is 0.0263. The SMILES string of the molecule is CC.CCCCNC(=O)C=C(C)C. The summed E-state index contributed by atoms with van der Waals surface area (Å²) in [6.45, 7) is 10.7. The molecule has 0 aliphatic rings. The van der Waals surface area contributed by atoms with E-state index in [1.807, 2.05) is 27.7 Å². The molecule has 1 N–H and O–H groups in total. The van der Waals surface area contributed by atoms with Crippen LogP contribution in [0.15, 0.2) is 11.6 Å². The van der Waals surface area contributed by atoms with Gasteiger partial charge in [-0.25, -0.2) is 0 Å². The van der Waals surface area contributed by atoms with Gasteiger partial charge in [0.1, 0.15) is 0 Å². The molecule has 0 aromatic heterocycles. The minimum absolute atomic E-state index is 0.0263. The zero-order valence-electron chi connectivity index (χ0n) is 9.61. The molecule has 0 aliphatic carbocycles. The van der Waals surface area contributed by atoms with Gasteiger partial charge in [0.05, 0.1) is 0 Å². The molecule has 0 unspecified atom stereocenters. The number of allylic oxidation sites excluding steroid dienone is 1. The predicted molar refractivity (Wildman–Crippen MR) is 58.7 cm³/mol. The van der Waals surface area contributed by atoms with Gasteiger partial charge in [-0.15, -0.1) is 0 Å². The van der Waals surface area contributed by atoms with Crippen LogP contribution >= 0.6 is 0 Å². The number of carbonyl (C=O) groups is 1. The molecule has 0 radical (unpaired) electrons. The Labute approximate surface area is 82.4 Å². The van der Waals surface area contributed by atoms with Crippen LogP contribution in [0.2, 0.25) is 0 Å². The highest BCUT2D eigenvalue weighted by Crippen LogP contribution is 1.88. The maximum absolute atomic E-state index is 10.9. The van der Waals surface area contributed by atoms with E-state index in [2.05, 4.69) is 12.2 Å². The van der Waals surface area contributed by atoms with Crippen molar-refractivity contribution in [3.8, 4) is 0 Å². The summed E-state index contributed by atoms with van der Waals surface area (Å²) in [6, 6.07) is 0. The fraction of sp³-hybridized carbons (Fsp3) is 0.727. The second-order valence-electron chi connectivity index (χ2n) is 2.87. The molecular weight excluding hydrogens is 162 g/mol. The van der Waals surface area contributed by atoms with Crippen LogP contribution in [0, 0.1) is 0 Å². The van der Waals surface area contributed by atoms with Crippen molar-refractivity contribution >= 4 is 5.91 Å². The average Bonchev–Trinajstić information content (AvgIpc) is 2.07. The van der Waals surface area contributed by atoms with Crippen molar-refractivity contribution in [2.45, 2.75) is 47.5 Å². The molecule has 0 aliphatic heterocycles. The van der Waals surface area contributed by atoms with Crippen molar-refractivity contribution < 1.29 is 4.79 Å². The molecule has 0 aromatic rings. The van der Waals surface area contributed by atoms with Gasteiger partial charge in [-0.2, -0.15) is 0 Å². The first-order valence-electron chi connectivity index (χ1n) is 5.09. The van der Waals surface area contributed by atoms with Gasteiger partial charge in [-0.1, -0.05) is 32.8 Å². The van der Waals surface area contributed by atoms with Crippen LogP contribution in [0.4, 0.5) is 0 Å². The van der Waals surface area contributed by atoms with Gasteiger partial charge >= 0.3 is 0 Å². The summed E-state index contributed by atoms with van der Waals surface area (Å²) < 4.78 is 0. The second-order valence-corrected chi connectivity index (χ2v) is 2.87. The van der Waals surface area contributed by atoms with Gasteiger partial charge < -0.3 is 5.32 Å². The molecular formula is C11H23NO. The molecule has 0 saturated carbocycles. The standard InChI is InChI=1S/C9H17NO.C2H6/c1-4-5-6-10-9(11)7-8(2)3;1-2/h7H,4-6H2,1-3H3,(H,10,11);1-2H3. The summed E-state index contributed by atoms with van der Waals surface area (Å²) in [5, 5.41) is 2.80. The zero-order chi connectivity index (χ0) is 10.7. The monoisotopic (exact) mass is 185 g/mol. The molecule has 0 bridgehead atoms.